The number of aliphatic imine (C=N–C) groups is 1. The van der Waals surface area contributed by atoms with Crippen LogP contribution in [-0.2, 0) is 17.8 Å². The molecule has 0 radical (unpaired) electrons. The molecule has 2 N–H and O–H groups in total. The third-order valence-electron chi connectivity index (χ3n) is 5.09. The maximum atomic E-state index is 12.5. The van der Waals surface area contributed by atoms with Crippen molar-refractivity contribution in [2.24, 2.45) is 4.99 Å². The van der Waals surface area contributed by atoms with Crippen molar-refractivity contribution < 1.29 is 9.90 Å². The minimum absolute atomic E-state index is 0. The van der Waals surface area contributed by atoms with Gasteiger partial charge in [0.2, 0.25) is 5.91 Å². The van der Waals surface area contributed by atoms with E-state index in [0.717, 1.165) is 51.4 Å². The van der Waals surface area contributed by atoms with Gasteiger partial charge in [0.25, 0.3) is 0 Å². The largest absolute Gasteiger partial charge is 0.391 e. The lowest BCUT2D eigenvalue weighted by molar-refractivity contribution is -0.132. The van der Waals surface area contributed by atoms with Crippen molar-refractivity contribution in [3.63, 3.8) is 0 Å². The van der Waals surface area contributed by atoms with Gasteiger partial charge in [0.05, 0.1) is 6.10 Å². The van der Waals surface area contributed by atoms with E-state index in [1.807, 2.05) is 17.9 Å². The quantitative estimate of drug-likeness (QED) is 0.289. The molecule has 0 unspecified atom stereocenters. The Morgan fingerprint density at radius 1 is 1.26 bits per heavy atom. The number of aliphatic hydroxyl groups is 1. The van der Waals surface area contributed by atoms with Crippen LogP contribution >= 0.6 is 24.0 Å². The average Bonchev–Trinajstić information content (AvgIpc) is 3.10. The van der Waals surface area contributed by atoms with E-state index < -0.39 is 0 Å². The number of β-amino-alcohol motifs (C(OH)–C–C–N with tert-alkyl or cyclic N) is 1. The van der Waals surface area contributed by atoms with Crippen molar-refractivity contribution in [1.82, 2.24) is 15.1 Å². The molecule has 2 heterocycles. The summed E-state index contributed by atoms with van der Waals surface area (Å²) in [5.41, 5.74) is 2.64. The molecule has 150 valence electrons. The zero-order valence-corrected chi connectivity index (χ0v) is 18.4. The number of benzene rings is 1. The second-order valence-corrected chi connectivity index (χ2v) is 7.06. The van der Waals surface area contributed by atoms with Gasteiger partial charge in [-0.2, -0.15) is 0 Å². The topological polar surface area (TPSA) is 68.2 Å². The Balaban J connectivity index is 0.00000261. The first-order chi connectivity index (χ1) is 12.7. The Morgan fingerprint density at radius 2 is 2.04 bits per heavy atom. The second-order valence-electron chi connectivity index (χ2n) is 7.06. The first kappa shape index (κ1) is 21.9. The van der Waals surface area contributed by atoms with E-state index in [9.17, 15) is 9.90 Å². The van der Waals surface area contributed by atoms with E-state index >= 15 is 0 Å². The summed E-state index contributed by atoms with van der Waals surface area (Å²) >= 11 is 0. The van der Waals surface area contributed by atoms with E-state index in [1.54, 1.807) is 0 Å². The molecule has 0 spiro atoms. The van der Waals surface area contributed by atoms with Crippen molar-refractivity contribution in [2.75, 3.05) is 32.7 Å². The van der Waals surface area contributed by atoms with E-state index in [1.165, 1.54) is 11.1 Å². The molecule has 0 aliphatic carbocycles. The van der Waals surface area contributed by atoms with Crippen LogP contribution in [0.2, 0.25) is 0 Å². The molecule has 1 aromatic rings. The highest BCUT2D eigenvalue weighted by molar-refractivity contribution is 14.0. The zero-order chi connectivity index (χ0) is 18.4. The van der Waals surface area contributed by atoms with Crippen LogP contribution in [0.3, 0.4) is 0 Å². The molecule has 27 heavy (non-hydrogen) atoms. The monoisotopic (exact) mass is 486 g/mol. The molecule has 6 nitrogen and oxygen atoms in total. The minimum atomic E-state index is -0.262. The molecule has 1 saturated heterocycles. The maximum absolute atomic E-state index is 12.5. The third-order valence-corrected chi connectivity index (χ3v) is 5.09. The summed E-state index contributed by atoms with van der Waals surface area (Å²) in [4.78, 5) is 21.2. The Hall–Kier alpha value is -1.35. The standard InChI is InChI=1S/C20H30N4O2.HI/c1-2-21-20(24-13-10-18(25)15-24)22-11-5-8-19(26)23-12-9-16-6-3-4-7-17(16)14-23;/h3-4,6-7,18,25H,2,5,8-15H2,1H3,(H,21,22);1H/t18-;/m1./s1. The number of rotatable bonds is 5. The number of hydrogen-bond acceptors (Lipinski definition) is 3. The number of likely N-dealkylation sites (tertiary alicyclic amines) is 1. The van der Waals surface area contributed by atoms with Gasteiger partial charge in [-0.3, -0.25) is 9.79 Å². The van der Waals surface area contributed by atoms with Crippen molar-refractivity contribution in [1.29, 1.82) is 0 Å². The molecule has 7 heteroatoms. The van der Waals surface area contributed by atoms with Gasteiger partial charge >= 0.3 is 0 Å². The molecule has 1 fully saturated rings. The van der Waals surface area contributed by atoms with Crippen molar-refractivity contribution >= 4 is 35.8 Å². The first-order valence-electron chi connectivity index (χ1n) is 9.73. The molecule has 0 bridgehead atoms. The number of carbonyl (C=O) groups excluding carboxylic acids is 1. The summed E-state index contributed by atoms with van der Waals surface area (Å²) in [6.07, 6.45) is 2.76. The van der Waals surface area contributed by atoms with Crippen LogP contribution in [0.5, 0.6) is 0 Å². The molecule has 1 aromatic carbocycles. The number of amides is 1. The normalized spacial score (nSPS) is 19.5. The fourth-order valence-electron chi connectivity index (χ4n) is 3.64. The highest BCUT2D eigenvalue weighted by atomic mass is 127. The number of aliphatic hydroxyl groups excluding tert-OH is 1. The second kappa shape index (κ2) is 10.8. The SMILES string of the molecule is CCNC(=NCCCC(=O)N1CCc2ccccc2C1)N1CC[C@@H](O)C1.I. The Kier molecular flexibility index (Phi) is 8.82. The highest BCUT2D eigenvalue weighted by Crippen LogP contribution is 2.19. The molecular weight excluding hydrogens is 455 g/mol. The minimum Gasteiger partial charge on any atom is -0.391 e. The Morgan fingerprint density at radius 3 is 2.74 bits per heavy atom. The summed E-state index contributed by atoms with van der Waals surface area (Å²) in [5.74, 6) is 1.07. The zero-order valence-electron chi connectivity index (χ0n) is 16.1. The highest BCUT2D eigenvalue weighted by Gasteiger charge is 2.23. The van der Waals surface area contributed by atoms with E-state index in [4.69, 9.17) is 0 Å². The predicted molar refractivity (Wildman–Crippen MR) is 118 cm³/mol. The smallest absolute Gasteiger partial charge is 0.222 e. The molecule has 1 amide bonds. The molecule has 2 aliphatic heterocycles. The van der Waals surface area contributed by atoms with Gasteiger partial charge in [0, 0.05) is 45.7 Å². The summed E-state index contributed by atoms with van der Waals surface area (Å²) in [5, 5.41) is 13.0. The molecular formula is C20H31IN4O2. The number of carbonyl (C=O) groups is 1. The van der Waals surface area contributed by atoms with Crippen LogP contribution in [0.1, 0.15) is 37.3 Å². The summed E-state index contributed by atoms with van der Waals surface area (Å²) < 4.78 is 0. The van der Waals surface area contributed by atoms with Gasteiger partial charge in [-0.15, -0.1) is 24.0 Å². The van der Waals surface area contributed by atoms with Crippen LogP contribution in [0, 0.1) is 0 Å². The van der Waals surface area contributed by atoms with Crippen molar-refractivity contribution in [3.05, 3.63) is 35.4 Å². The van der Waals surface area contributed by atoms with E-state index in [-0.39, 0.29) is 36.0 Å². The van der Waals surface area contributed by atoms with Crippen molar-refractivity contribution in [2.45, 2.75) is 45.3 Å². The number of halogens is 1. The number of guanidine groups is 1. The number of hydrogen-bond donors (Lipinski definition) is 2. The molecule has 0 saturated carbocycles. The predicted octanol–water partition coefficient (Wildman–Crippen LogP) is 2.00. The van der Waals surface area contributed by atoms with Gasteiger partial charge in [0.15, 0.2) is 5.96 Å². The van der Waals surface area contributed by atoms with Gasteiger partial charge in [-0.1, -0.05) is 24.3 Å². The van der Waals surface area contributed by atoms with E-state index in [0.29, 0.717) is 19.5 Å². The fourth-order valence-corrected chi connectivity index (χ4v) is 3.64. The molecule has 0 aromatic heterocycles. The fraction of sp³-hybridized carbons (Fsp3) is 0.600. The number of nitrogens with zero attached hydrogens (tertiary/aromatic N) is 3. The lowest BCUT2D eigenvalue weighted by Crippen LogP contribution is -2.40. The summed E-state index contributed by atoms with van der Waals surface area (Å²) in [7, 11) is 0. The lowest BCUT2D eigenvalue weighted by atomic mass is 9.99. The van der Waals surface area contributed by atoms with Gasteiger partial charge in [0.1, 0.15) is 0 Å². The summed E-state index contributed by atoms with van der Waals surface area (Å²) in [6, 6.07) is 8.38. The van der Waals surface area contributed by atoms with Crippen molar-refractivity contribution in [3.8, 4) is 0 Å². The van der Waals surface area contributed by atoms with E-state index in [2.05, 4.69) is 33.4 Å². The maximum Gasteiger partial charge on any atom is 0.222 e. The Bertz CT molecular complexity index is 653. The van der Waals surface area contributed by atoms with Crippen LogP contribution in [-0.4, -0.2) is 65.6 Å². The summed E-state index contributed by atoms with van der Waals surface area (Å²) in [6.45, 7) is 6.49. The van der Waals surface area contributed by atoms with Gasteiger partial charge in [-0.05, 0) is 37.3 Å². The third kappa shape index (κ3) is 6.07. The van der Waals surface area contributed by atoms with Crippen LogP contribution in [0.25, 0.3) is 0 Å². The molecule has 3 rings (SSSR count). The average molecular weight is 486 g/mol. The molecule has 1 atom stereocenters. The van der Waals surface area contributed by atoms with Gasteiger partial charge < -0.3 is 20.2 Å². The van der Waals surface area contributed by atoms with Gasteiger partial charge in [-0.25, -0.2) is 0 Å². The number of nitrogens with one attached hydrogen (secondary N) is 1. The molecule has 2 aliphatic rings. The Labute approximate surface area is 179 Å². The van der Waals surface area contributed by atoms with Crippen LogP contribution < -0.4 is 5.32 Å². The first-order valence-corrected chi connectivity index (χ1v) is 9.73. The van der Waals surface area contributed by atoms with Crippen LogP contribution in [0.15, 0.2) is 29.3 Å². The van der Waals surface area contributed by atoms with Crippen LogP contribution in [0.4, 0.5) is 0 Å². The lowest BCUT2D eigenvalue weighted by Gasteiger charge is -2.29. The number of fused-ring (bicyclic) bond motifs is 1.